The molecule has 0 radical (unpaired) electrons. The van der Waals surface area contributed by atoms with E-state index in [9.17, 15) is 8.42 Å². The Labute approximate surface area is 113 Å². The third-order valence-electron chi connectivity index (χ3n) is 3.38. The van der Waals surface area contributed by atoms with Crippen LogP contribution in [0.25, 0.3) is 0 Å². The summed E-state index contributed by atoms with van der Waals surface area (Å²) in [6.45, 7) is 1.11. The first kappa shape index (κ1) is 14.0. The molecule has 1 aromatic carbocycles. The molecule has 2 rings (SSSR count). The molecule has 0 aliphatic carbocycles. The van der Waals surface area contributed by atoms with Crippen LogP contribution in [0.2, 0.25) is 0 Å². The lowest BCUT2D eigenvalue weighted by atomic mass is 10.1. The van der Waals surface area contributed by atoms with Crippen molar-refractivity contribution in [1.29, 1.82) is 0 Å². The summed E-state index contributed by atoms with van der Waals surface area (Å²) in [7, 11) is -3.07. The SMILES string of the molecule is CS(=O)(=O)N1CCC(Nc2ccc(N)c(N)c2)CC1. The number of nitrogens with one attached hydrogen (secondary N) is 1. The molecule has 106 valence electrons. The summed E-state index contributed by atoms with van der Waals surface area (Å²) in [6.07, 6.45) is 2.83. The first-order chi connectivity index (χ1) is 8.86. The van der Waals surface area contributed by atoms with Crippen molar-refractivity contribution in [2.75, 3.05) is 36.1 Å². The Bertz CT molecular complexity index is 551. The second-order valence-electron chi connectivity index (χ2n) is 4.92. The lowest BCUT2D eigenvalue weighted by Gasteiger charge is -2.31. The predicted octanol–water partition coefficient (Wildman–Crippen LogP) is 0.687. The number of nitrogens with zero attached hydrogens (tertiary/aromatic N) is 1. The van der Waals surface area contributed by atoms with Crippen LogP contribution < -0.4 is 16.8 Å². The van der Waals surface area contributed by atoms with Gasteiger partial charge in [0.25, 0.3) is 0 Å². The fourth-order valence-corrected chi connectivity index (χ4v) is 3.11. The van der Waals surface area contributed by atoms with Crippen molar-refractivity contribution >= 4 is 27.1 Å². The van der Waals surface area contributed by atoms with Gasteiger partial charge in [-0.05, 0) is 31.0 Å². The minimum absolute atomic E-state index is 0.265. The van der Waals surface area contributed by atoms with Gasteiger partial charge in [0.05, 0.1) is 17.6 Å². The summed E-state index contributed by atoms with van der Waals surface area (Å²) in [5, 5.41) is 3.36. The van der Waals surface area contributed by atoms with Gasteiger partial charge in [-0.25, -0.2) is 12.7 Å². The number of hydrogen-bond donors (Lipinski definition) is 3. The number of sulfonamides is 1. The summed E-state index contributed by atoms with van der Waals surface area (Å²) in [5.41, 5.74) is 13.5. The van der Waals surface area contributed by atoms with Crippen LogP contribution in [-0.2, 0) is 10.0 Å². The van der Waals surface area contributed by atoms with Crippen molar-refractivity contribution in [3.05, 3.63) is 18.2 Å². The van der Waals surface area contributed by atoms with Crippen LogP contribution in [0.4, 0.5) is 17.1 Å². The molecule has 1 heterocycles. The molecule has 0 aromatic heterocycles. The van der Waals surface area contributed by atoms with Crippen LogP contribution in [0, 0.1) is 0 Å². The minimum atomic E-state index is -3.07. The zero-order valence-electron chi connectivity index (χ0n) is 11.0. The summed E-state index contributed by atoms with van der Waals surface area (Å²) < 4.78 is 24.3. The van der Waals surface area contributed by atoms with Gasteiger partial charge < -0.3 is 16.8 Å². The fourth-order valence-electron chi connectivity index (χ4n) is 2.23. The van der Waals surface area contributed by atoms with E-state index in [0.717, 1.165) is 18.5 Å². The van der Waals surface area contributed by atoms with Gasteiger partial charge in [0, 0.05) is 24.8 Å². The predicted molar refractivity (Wildman–Crippen MR) is 78.3 cm³/mol. The Hall–Kier alpha value is -1.47. The lowest BCUT2D eigenvalue weighted by Crippen LogP contribution is -2.41. The molecule has 0 spiro atoms. The Morgan fingerprint density at radius 2 is 1.84 bits per heavy atom. The van der Waals surface area contributed by atoms with E-state index in [0.29, 0.717) is 24.5 Å². The molecule has 5 N–H and O–H groups in total. The van der Waals surface area contributed by atoms with Crippen molar-refractivity contribution in [3.63, 3.8) is 0 Å². The summed E-state index contributed by atoms with van der Waals surface area (Å²) in [4.78, 5) is 0. The van der Waals surface area contributed by atoms with Crippen LogP contribution >= 0.6 is 0 Å². The highest BCUT2D eigenvalue weighted by molar-refractivity contribution is 7.88. The van der Waals surface area contributed by atoms with Crippen LogP contribution in [0.15, 0.2) is 18.2 Å². The lowest BCUT2D eigenvalue weighted by molar-refractivity contribution is 0.332. The van der Waals surface area contributed by atoms with Crippen LogP contribution in [0.3, 0.4) is 0 Å². The van der Waals surface area contributed by atoms with Crippen LogP contribution in [0.1, 0.15) is 12.8 Å². The van der Waals surface area contributed by atoms with E-state index in [4.69, 9.17) is 11.5 Å². The number of hydrogen-bond acceptors (Lipinski definition) is 5. The molecule has 1 aliphatic rings. The van der Waals surface area contributed by atoms with Gasteiger partial charge in [0.2, 0.25) is 10.0 Å². The Balaban J connectivity index is 1.94. The molecule has 1 fully saturated rings. The average molecular weight is 284 g/mol. The van der Waals surface area contributed by atoms with E-state index in [1.807, 2.05) is 6.07 Å². The summed E-state index contributed by atoms with van der Waals surface area (Å²) >= 11 is 0. The quantitative estimate of drug-likeness (QED) is 0.709. The van der Waals surface area contributed by atoms with E-state index < -0.39 is 10.0 Å². The van der Waals surface area contributed by atoms with Crippen molar-refractivity contribution in [3.8, 4) is 0 Å². The fraction of sp³-hybridized carbons (Fsp3) is 0.500. The van der Waals surface area contributed by atoms with Gasteiger partial charge in [-0.3, -0.25) is 0 Å². The molecule has 19 heavy (non-hydrogen) atoms. The standard InChI is InChI=1S/C12H20N4O2S/c1-19(17,18)16-6-4-9(5-7-16)15-10-2-3-11(13)12(14)8-10/h2-3,8-9,15H,4-7,13-14H2,1H3. The second-order valence-corrected chi connectivity index (χ2v) is 6.91. The third-order valence-corrected chi connectivity index (χ3v) is 4.68. The molecular weight excluding hydrogens is 264 g/mol. The van der Waals surface area contributed by atoms with Crippen molar-refractivity contribution in [2.24, 2.45) is 0 Å². The summed E-state index contributed by atoms with van der Waals surface area (Å²) in [6, 6.07) is 5.72. The van der Waals surface area contributed by atoms with E-state index >= 15 is 0 Å². The minimum Gasteiger partial charge on any atom is -0.397 e. The number of piperidine rings is 1. The number of nitrogen functional groups attached to an aromatic ring is 2. The van der Waals surface area contributed by atoms with Gasteiger partial charge >= 0.3 is 0 Å². The normalized spacial score (nSPS) is 18.4. The topological polar surface area (TPSA) is 101 Å². The molecule has 1 aromatic rings. The largest absolute Gasteiger partial charge is 0.397 e. The molecular formula is C12H20N4O2S. The highest BCUT2D eigenvalue weighted by atomic mass is 32.2. The maximum atomic E-state index is 11.4. The number of benzene rings is 1. The first-order valence-corrected chi connectivity index (χ1v) is 8.08. The van der Waals surface area contributed by atoms with Gasteiger partial charge in [0.1, 0.15) is 0 Å². The zero-order chi connectivity index (χ0) is 14.0. The van der Waals surface area contributed by atoms with Crippen LogP contribution in [0.5, 0.6) is 0 Å². The Morgan fingerprint density at radius 1 is 1.21 bits per heavy atom. The summed E-state index contributed by atoms with van der Waals surface area (Å²) in [5.74, 6) is 0. The van der Waals surface area contributed by atoms with Gasteiger partial charge in [-0.1, -0.05) is 0 Å². The zero-order valence-corrected chi connectivity index (χ0v) is 11.8. The molecule has 0 amide bonds. The third kappa shape index (κ3) is 3.51. The first-order valence-electron chi connectivity index (χ1n) is 6.23. The molecule has 7 heteroatoms. The average Bonchev–Trinajstić information content (AvgIpc) is 2.33. The smallest absolute Gasteiger partial charge is 0.211 e. The van der Waals surface area contributed by atoms with Gasteiger partial charge in [-0.15, -0.1) is 0 Å². The molecule has 0 unspecified atom stereocenters. The molecule has 0 atom stereocenters. The Kier molecular flexibility index (Phi) is 3.86. The van der Waals surface area contributed by atoms with Crippen LogP contribution in [-0.4, -0.2) is 38.1 Å². The van der Waals surface area contributed by atoms with E-state index in [1.165, 1.54) is 10.6 Å². The van der Waals surface area contributed by atoms with Crippen molar-refractivity contribution in [1.82, 2.24) is 4.31 Å². The molecule has 1 saturated heterocycles. The Morgan fingerprint density at radius 3 is 2.37 bits per heavy atom. The van der Waals surface area contributed by atoms with Gasteiger partial charge in [0.15, 0.2) is 0 Å². The van der Waals surface area contributed by atoms with Crippen molar-refractivity contribution in [2.45, 2.75) is 18.9 Å². The highest BCUT2D eigenvalue weighted by Crippen LogP contribution is 2.23. The van der Waals surface area contributed by atoms with E-state index in [1.54, 1.807) is 12.1 Å². The van der Waals surface area contributed by atoms with E-state index in [2.05, 4.69) is 5.32 Å². The molecule has 0 bridgehead atoms. The van der Waals surface area contributed by atoms with Gasteiger partial charge in [-0.2, -0.15) is 0 Å². The van der Waals surface area contributed by atoms with E-state index in [-0.39, 0.29) is 6.04 Å². The maximum Gasteiger partial charge on any atom is 0.211 e. The number of nitrogens with two attached hydrogens (primary N) is 2. The molecule has 0 saturated carbocycles. The monoisotopic (exact) mass is 284 g/mol. The number of rotatable bonds is 3. The van der Waals surface area contributed by atoms with Crippen molar-refractivity contribution < 1.29 is 8.42 Å². The second kappa shape index (κ2) is 5.26. The highest BCUT2D eigenvalue weighted by Gasteiger charge is 2.24. The molecule has 6 nitrogen and oxygen atoms in total. The molecule has 1 aliphatic heterocycles. The maximum absolute atomic E-state index is 11.4. The number of anilines is 3.